The minimum Gasteiger partial charge on any atom is -0.376 e. The molecule has 88 valence electrons. The lowest BCUT2D eigenvalue weighted by Crippen LogP contribution is -2.60. The van der Waals surface area contributed by atoms with Crippen molar-refractivity contribution in [2.45, 2.75) is 19.0 Å². The van der Waals surface area contributed by atoms with Gasteiger partial charge in [-0.25, -0.2) is 0 Å². The van der Waals surface area contributed by atoms with E-state index in [9.17, 15) is 0 Å². The van der Waals surface area contributed by atoms with Crippen molar-refractivity contribution in [3.63, 3.8) is 0 Å². The Morgan fingerprint density at radius 1 is 1.13 bits per heavy atom. The highest BCUT2D eigenvalue weighted by atomic mass is 28.4. The van der Waals surface area contributed by atoms with Gasteiger partial charge in [0.1, 0.15) is 0 Å². The fourth-order valence-corrected chi connectivity index (χ4v) is 4.61. The van der Waals surface area contributed by atoms with Gasteiger partial charge in [0.15, 0.2) is 0 Å². The molecule has 1 unspecified atom stereocenters. The van der Waals surface area contributed by atoms with E-state index < -0.39 is 8.80 Å². The van der Waals surface area contributed by atoms with Crippen molar-refractivity contribution in [2.75, 3.05) is 34.4 Å². The molecule has 0 saturated heterocycles. The summed E-state index contributed by atoms with van der Waals surface area (Å²) in [4.78, 5) is 2.34. The molecule has 1 aliphatic rings. The van der Waals surface area contributed by atoms with Crippen molar-refractivity contribution in [1.29, 1.82) is 0 Å². The van der Waals surface area contributed by atoms with Gasteiger partial charge in [-0.05, 0) is 6.42 Å². The van der Waals surface area contributed by atoms with E-state index in [-0.39, 0.29) is 5.67 Å². The molecular weight excluding hydrogens is 210 g/mol. The zero-order valence-electron chi connectivity index (χ0n) is 10.0. The maximum Gasteiger partial charge on any atom is 0.518 e. The monoisotopic (exact) mass is 231 g/mol. The van der Waals surface area contributed by atoms with Crippen LogP contribution in [-0.2, 0) is 13.3 Å². The molecule has 0 aliphatic carbocycles. The van der Waals surface area contributed by atoms with E-state index >= 15 is 0 Å². The van der Waals surface area contributed by atoms with Crippen LogP contribution in [-0.4, -0.2) is 53.8 Å². The van der Waals surface area contributed by atoms with Crippen LogP contribution in [0.1, 0.15) is 13.3 Å². The van der Waals surface area contributed by atoms with Crippen LogP contribution < -0.4 is 0 Å². The van der Waals surface area contributed by atoms with E-state index in [0.29, 0.717) is 0 Å². The van der Waals surface area contributed by atoms with E-state index in [1.54, 1.807) is 21.3 Å². The van der Waals surface area contributed by atoms with Gasteiger partial charge in [0.05, 0.1) is 5.67 Å². The van der Waals surface area contributed by atoms with Gasteiger partial charge in [-0.2, -0.15) is 0 Å². The number of hydrogen-bond acceptors (Lipinski definition) is 4. The Morgan fingerprint density at radius 3 is 1.93 bits per heavy atom. The molecule has 4 nitrogen and oxygen atoms in total. The van der Waals surface area contributed by atoms with Gasteiger partial charge in [0.25, 0.3) is 0 Å². The molecule has 1 atom stereocenters. The van der Waals surface area contributed by atoms with Crippen LogP contribution in [0.2, 0.25) is 0 Å². The number of hydrogen-bond donors (Lipinski definition) is 0. The molecule has 0 N–H and O–H groups in total. The van der Waals surface area contributed by atoms with Crippen LogP contribution >= 0.6 is 0 Å². The first-order chi connectivity index (χ1) is 7.24. The summed E-state index contributed by atoms with van der Waals surface area (Å²) in [7, 11) is 2.49. The quantitative estimate of drug-likeness (QED) is 0.505. The van der Waals surface area contributed by atoms with Crippen LogP contribution in [0.15, 0.2) is 12.2 Å². The zero-order chi connectivity index (χ0) is 11.3. The Hall–Kier alpha value is -0.203. The minimum atomic E-state index is -2.53. The molecule has 0 aromatic heterocycles. The topological polar surface area (TPSA) is 30.9 Å². The summed E-state index contributed by atoms with van der Waals surface area (Å²) in [6.45, 7) is 4.06. The molecule has 1 aliphatic heterocycles. The third kappa shape index (κ3) is 2.48. The number of rotatable bonds is 6. The highest BCUT2D eigenvalue weighted by Gasteiger charge is 2.49. The Balaban J connectivity index is 2.77. The maximum atomic E-state index is 5.53. The zero-order valence-corrected chi connectivity index (χ0v) is 11.0. The largest absolute Gasteiger partial charge is 0.518 e. The molecule has 15 heavy (non-hydrogen) atoms. The number of nitrogens with zero attached hydrogens (tertiary/aromatic N) is 1. The molecule has 0 saturated carbocycles. The first-order valence-corrected chi connectivity index (χ1v) is 7.08. The molecule has 0 fully saturated rings. The highest BCUT2D eigenvalue weighted by molar-refractivity contribution is 6.62. The fourth-order valence-electron chi connectivity index (χ4n) is 2.14. The van der Waals surface area contributed by atoms with Crippen LogP contribution in [0.5, 0.6) is 0 Å². The molecule has 0 radical (unpaired) electrons. The highest BCUT2D eigenvalue weighted by Crippen LogP contribution is 2.22. The molecule has 0 bridgehead atoms. The summed E-state index contributed by atoms with van der Waals surface area (Å²) in [6.07, 6.45) is 5.31. The molecule has 0 aromatic rings. The molecule has 1 heterocycles. The summed E-state index contributed by atoms with van der Waals surface area (Å²) < 4.78 is 16.6. The van der Waals surface area contributed by atoms with E-state index in [0.717, 1.165) is 19.5 Å². The van der Waals surface area contributed by atoms with Gasteiger partial charge in [-0.15, -0.1) is 0 Å². The Kier molecular flexibility index (Phi) is 4.94. The maximum absolute atomic E-state index is 5.53. The Labute approximate surface area is 93.2 Å². The van der Waals surface area contributed by atoms with Crippen molar-refractivity contribution in [3.8, 4) is 0 Å². The fraction of sp³-hybridized carbons (Fsp3) is 0.800. The van der Waals surface area contributed by atoms with Crippen molar-refractivity contribution < 1.29 is 13.3 Å². The second-order valence-electron chi connectivity index (χ2n) is 3.57. The summed E-state index contributed by atoms with van der Waals surface area (Å²) in [5, 5.41) is 0. The molecule has 0 spiro atoms. The van der Waals surface area contributed by atoms with Gasteiger partial charge in [0, 0.05) is 34.4 Å². The first-order valence-electron chi connectivity index (χ1n) is 5.28. The first kappa shape index (κ1) is 12.9. The van der Waals surface area contributed by atoms with Crippen molar-refractivity contribution in [3.05, 3.63) is 12.2 Å². The van der Waals surface area contributed by atoms with Gasteiger partial charge in [0.2, 0.25) is 0 Å². The summed E-state index contributed by atoms with van der Waals surface area (Å²) in [6, 6.07) is 0. The normalized spacial score (nSPS) is 19.7. The van der Waals surface area contributed by atoms with Gasteiger partial charge in [-0.1, -0.05) is 19.1 Å². The smallest absolute Gasteiger partial charge is 0.376 e. The molecule has 1 rings (SSSR count). The van der Waals surface area contributed by atoms with E-state index in [1.165, 1.54) is 0 Å². The predicted octanol–water partition coefficient (Wildman–Crippen LogP) is 1.05. The van der Waals surface area contributed by atoms with E-state index in [4.69, 9.17) is 13.3 Å². The second kappa shape index (κ2) is 5.76. The summed E-state index contributed by atoms with van der Waals surface area (Å²) in [5.74, 6) is 0. The lowest BCUT2D eigenvalue weighted by Gasteiger charge is -2.37. The van der Waals surface area contributed by atoms with E-state index in [2.05, 4.69) is 24.0 Å². The van der Waals surface area contributed by atoms with Crippen LogP contribution in [0.4, 0.5) is 0 Å². The lowest BCUT2D eigenvalue weighted by molar-refractivity contribution is 0.0810. The molecule has 0 amide bonds. The van der Waals surface area contributed by atoms with Crippen LogP contribution in [0.25, 0.3) is 0 Å². The second-order valence-corrected chi connectivity index (χ2v) is 6.66. The standard InChI is InChI=1S/C10H21NO3Si/c1-5-10(11-8-6-7-9-11)15(12-2,13-3)14-4/h6-7,10H,5,8-9H2,1-4H3. The lowest BCUT2D eigenvalue weighted by atomic mass is 10.4. The van der Waals surface area contributed by atoms with Gasteiger partial charge in [-0.3, -0.25) is 4.90 Å². The van der Waals surface area contributed by atoms with Crippen LogP contribution in [0, 0.1) is 0 Å². The molecule has 5 heteroatoms. The summed E-state index contributed by atoms with van der Waals surface area (Å²) >= 11 is 0. The van der Waals surface area contributed by atoms with Crippen molar-refractivity contribution >= 4 is 8.80 Å². The van der Waals surface area contributed by atoms with Gasteiger partial charge < -0.3 is 13.3 Å². The van der Waals surface area contributed by atoms with Gasteiger partial charge >= 0.3 is 8.80 Å². The predicted molar refractivity (Wildman–Crippen MR) is 61.6 cm³/mol. The third-order valence-corrected chi connectivity index (χ3v) is 6.23. The Bertz CT molecular complexity index is 202. The molecule has 0 aromatic carbocycles. The third-order valence-electron chi connectivity index (χ3n) is 2.94. The Morgan fingerprint density at radius 2 is 1.60 bits per heavy atom. The van der Waals surface area contributed by atoms with Crippen LogP contribution in [0.3, 0.4) is 0 Å². The van der Waals surface area contributed by atoms with Crippen molar-refractivity contribution in [1.82, 2.24) is 4.90 Å². The average Bonchev–Trinajstić information content (AvgIpc) is 2.79. The summed E-state index contributed by atoms with van der Waals surface area (Å²) in [5.41, 5.74) is 0.243. The SMILES string of the molecule is CCC(N1CC=CC1)[Si](OC)(OC)OC. The van der Waals surface area contributed by atoms with E-state index in [1.807, 2.05) is 0 Å². The average molecular weight is 231 g/mol. The van der Waals surface area contributed by atoms with Crippen molar-refractivity contribution in [2.24, 2.45) is 0 Å². The molecular formula is C10H21NO3Si. The minimum absolute atomic E-state index is 0.243.